The Bertz CT molecular complexity index is 508. The molecule has 0 bridgehead atoms. The molecule has 3 nitrogen and oxygen atoms in total. The van der Waals surface area contributed by atoms with Gasteiger partial charge in [0.2, 0.25) is 5.91 Å². The molecule has 0 saturated carbocycles. The molecule has 2 rings (SSSR count). The van der Waals surface area contributed by atoms with Crippen molar-refractivity contribution in [1.29, 1.82) is 0 Å². The molecule has 1 heterocycles. The highest BCUT2D eigenvalue weighted by Crippen LogP contribution is 2.35. The van der Waals surface area contributed by atoms with Gasteiger partial charge in [0.25, 0.3) is 0 Å². The molecule has 0 aliphatic carbocycles. The van der Waals surface area contributed by atoms with Gasteiger partial charge in [0.1, 0.15) is 0 Å². The molecule has 5 heteroatoms. The summed E-state index contributed by atoms with van der Waals surface area (Å²) in [6.45, 7) is 7.75. The highest BCUT2D eigenvalue weighted by molar-refractivity contribution is 9.10. The first kappa shape index (κ1) is 17.8. The first-order valence-corrected chi connectivity index (χ1v) is 9.40. The van der Waals surface area contributed by atoms with Crippen molar-refractivity contribution < 1.29 is 4.79 Å². The number of benzene rings is 1. The Morgan fingerprint density at radius 3 is 2.36 bits per heavy atom. The molecule has 1 unspecified atom stereocenters. The molecule has 2 N–H and O–H groups in total. The first-order chi connectivity index (χ1) is 10.3. The van der Waals surface area contributed by atoms with Crippen molar-refractivity contribution in [2.75, 3.05) is 13.1 Å². The van der Waals surface area contributed by atoms with Gasteiger partial charge >= 0.3 is 0 Å². The Labute approximate surface area is 146 Å². The summed E-state index contributed by atoms with van der Waals surface area (Å²) in [6, 6.07) is 8.34. The monoisotopic (exact) mass is 384 g/mol. The minimum absolute atomic E-state index is 0.224. The van der Waals surface area contributed by atoms with Crippen LogP contribution in [0, 0.1) is 5.92 Å². The zero-order chi connectivity index (χ0) is 16.3. The zero-order valence-electron chi connectivity index (χ0n) is 13.5. The van der Waals surface area contributed by atoms with Crippen LogP contribution < -0.4 is 5.73 Å². The van der Waals surface area contributed by atoms with Crippen LogP contribution in [0.25, 0.3) is 0 Å². The van der Waals surface area contributed by atoms with Crippen LogP contribution in [0.3, 0.4) is 0 Å². The number of carbonyl (C=O) groups is 1. The van der Waals surface area contributed by atoms with E-state index in [4.69, 9.17) is 5.73 Å². The number of amides is 1. The summed E-state index contributed by atoms with van der Waals surface area (Å²) in [5.41, 5.74) is 5.98. The summed E-state index contributed by atoms with van der Waals surface area (Å²) < 4.78 is 0.605. The molecule has 122 valence electrons. The fraction of sp³-hybridized carbons (Fsp3) is 0.588. The predicted octanol–water partition coefficient (Wildman–Crippen LogP) is 3.91. The van der Waals surface area contributed by atoms with E-state index >= 15 is 0 Å². The third-order valence-electron chi connectivity index (χ3n) is 4.27. The molecular formula is C17H25BrN2OS. The van der Waals surface area contributed by atoms with Crippen LogP contribution in [0.5, 0.6) is 0 Å². The van der Waals surface area contributed by atoms with Gasteiger partial charge in [0, 0.05) is 28.5 Å². The largest absolute Gasteiger partial charge is 0.341 e. The standard InChI is InChI=1S/C17H25BrN2OS/c1-12(19)13-8-10-20(11-9-13)16(21)17(2,3)22-15-6-4-14(18)5-7-15/h4-7,12-13H,8-11,19H2,1-3H3. The van der Waals surface area contributed by atoms with Crippen LogP contribution in [-0.2, 0) is 4.79 Å². The maximum Gasteiger partial charge on any atom is 0.238 e. The third kappa shape index (κ3) is 4.49. The highest BCUT2D eigenvalue weighted by Gasteiger charge is 2.35. The predicted molar refractivity (Wildman–Crippen MR) is 97.0 cm³/mol. The van der Waals surface area contributed by atoms with Crippen molar-refractivity contribution in [2.45, 2.75) is 49.3 Å². The molecule has 1 saturated heterocycles. The second kappa shape index (κ2) is 7.37. The molecular weight excluding hydrogens is 360 g/mol. The van der Waals surface area contributed by atoms with Gasteiger partial charge in [-0.2, -0.15) is 0 Å². The van der Waals surface area contributed by atoms with E-state index in [1.54, 1.807) is 11.8 Å². The van der Waals surface area contributed by atoms with Crippen LogP contribution in [-0.4, -0.2) is 34.7 Å². The Hall–Kier alpha value is -0.520. The van der Waals surface area contributed by atoms with E-state index in [-0.39, 0.29) is 11.9 Å². The van der Waals surface area contributed by atoms with Gasteiger partial charge in [0.05, 0.1) is 4.75 Å². The van der Waals surface area contributed by atoms with E-state index in [1.807, 2.05) is 43.0 Å². The number of nitrogens with two attached hydrogens (primary N) is 1. The third-order valence-corrected chi connectivity index (χ3v) is 5.99. The van der Waals surface area contributed by atoms with Crippen LogP contribution in [0.1, 0.15) is 33.6 Å². The lowest BCUT2D eigenvalue weighted by atomic mass is 9.90. The molecule has 1 fully saturated rings. The maximum absolute atomic E-state index is 12.8. The van der Waals surface area contributed by atoms with Gasteiger partial charge < -0.3 is 10.6 Å². The first-order valence-electron chi connectivity index (χ1n) is 7.79. The minimum atomic E-state index is -0.449. The van der Waals surface area contributed by atoms with Crippen LogP contribution >= 0.6 is 27.7 Å². The van der Waals surface area contributed by atoms with Crippen LogP contribution in [0.2, 0.25) is 0 Å². The number of carbonyl (C=O) groups excluding carboxylic acids is 1. The van der Waals surface area contributed by atoms with Crippen molar-refractivity contribution in [3.05, 3.63) is 28.7 Å². The average Bonchev–Trinajstić information content (AvgIpc) is 2.48. The minimum Gasteiger partial charge on any atom is -0.341 e. The summed E-state index contributed by atoms with van der Waals surface area (Å²) in [6.07, 6.45) is 2.03. The molecule has 1 amide bonds. The van der Waals surface area contributed by atoms with Crippen molar-refractivity contribution in [2.24, 2.45) is 11.7 Å². The van der Waals surface area contributed by atoms with Gasteiger partial charge in [-0.15, -0.1) is 11.8 Å². The van der Waals surface area contributed by atoms with Crippen molar-refractivity contribution >= 4 is 33.6 Å². The smallest absolute Gasteiger partial charge is 0.238 e. The number of rotatable bonds is 4. The Balaban J connectivity index is 1.97. The Morgan fingerprint density at radius 1 is 1.32 bits per heavy atom. The van der Waals surface area contributed by atoms with E-state index in [0.717, 1.165) is 35.3 Å². The Morgan fingerprint density at radius 2 is 1.86 bits per heavy atom. The summed E-state index contributed by atoms with van der Waals surface area (Å²) >= 11 is 5.07. The number of likely N-dealkylation sites (tertiary alicyclic amines) is 1. The van der Waals surface area contributed by atoms with Gasteiger partial charge in [-0.1, -0.05) is 15.9 Å². The zero-order valence-corrected chi connectivity index (χ0v) is 15.9. The molecule has 1 aromatic rings. The van der Waals surface area contributed by atoms with Crippen LogP contribution in [0.4, 0.5) is 0 Å². The normalized spacial score (nSPS) is 18.3. The molecule has 1 aliphatic rings. The second-order valence-corrected chi connectivity index (χ2v) is 9.17. The molecule has 1 aromatic carbocycles. The number of nitrogens with zero attached hydrogens (tertiary/aromatic N) is 1. The molecule has 0 aromatic heterocycles. The number of piperidine rings is 1. The highest BCUT2D eigenvalue weighted by atomic mass is 79.9. The van der Waals surface area contributed by atoms with Gasteiger partial charge in [0.15, 0.2) is 0 Å². The fourth-order valence-corrected chi connectivity index (χ4v) is 4.19. The van der Waals surface area contributed by atoms with Crippen LogP contribution in [0.15, 0.2) is 33.6 Å². The lowest BCUT2D eigenvalue weighted by molar-refractivity contribution is -0.134. The summed E-state index contributed by atoms with van der Waals surface area (Å²) in [7, 11) is 0. The quantitative estimate of drug-likeness (QED) is 0.800. The van der Waals surface area contributed by atoms with Gasteiger partial charge in [-0.25, -0.2) is 0 Å². The summed E-state index contributed by atoms with van der Waals surface area (Å²) in [5, 5.41) is 0. The van der Waals surface area contributed by atoms with E-state index in [2.05, 4.69) is 22.9 Å². The summed E-state index contributed by atoms with van der Waals surface area (Å²) in [4.78, 5) is 16.0. The average molecular weight is 385 g/mol. The number of halogens is 1. The van der Waals surface area contributed by atoms with E-state index in [1.165, 1.54) is 0 Å². The number of hydrogen-bond donors (Lipinski definition) is 1. The van der Waals surface area contributed by atoms with E-state index in [0.29, 0.717) is 5.92 Å². The molecule has 0 radical (unpaired) electrons. The van der Waals surface area contributed by atoms with Crippen molar-refractivity contribution in [1.82, 2.24) is 4.90 Å². The lowest BCUT2D eigenvalue weighted by Crippen LogP contribution is -2.48. The molecule has 0 spiro atoms. The van der Waals surface area contributed by atoms with Gasteiger partial charge in [-0.05, 0) is 63.8 Å². The number of hydrogen-bond acceptors (Lipinski definition) is 3. The van der Waals surface area contributed by atoms with E-state index < -0.39 is 4.75 Å². The maximum atomic E-state index is 12.8. The number of thioether (sulfide) groups is 1. The van der Waals surface area contributed by atoms with Crippen molar-refractivity contribution in [3.63, 3.8) is 0 Å². The lowest BCUT2D eigenvalue weighted by Gasteiger charge is -2.37. The summed E-state index contributed by atoms with van der Waals surface area (Å²) in [5.74, 6) is 0.773. The molecule has 22 heavy (non-hydrogen) atoms. The van der Waals surface area contributed by atoms with Crippen molar-refractivity contribution in [3.8, 4) is 0 Å². The topological polar surface area (TPSA) is 46.3 Å². The van der Waals surface area contributed by atoms with E-state index in [9.17, 15) is 4.79 Å². The fourth-order valence-electron chi connectivity index (χ4n) is 2.85. The Kier molecular flexibility index (Phi) is 5.97. The molecule has 1 atom stereocenters. The SMILES string of the molecule is CC(N)C1CCN(C(=O)C(C)(C)Sc2ccc(Br)cc2)CC1. The molecule has 1 aliphatic heterocycles. The van der Waals surface area contributed by atoms with Gasteiger partial charge in [-0.3, -0.25) is 4.79 Å². The second-order valence-electron chi connectivity index (χ2n) is 6.56.